The van der Waals surface area contributed by atoms with Gasteiger partial charge in [-0.05, 0) is 37.8 Å². The third kappa shape index (κ3) is 4.37. The SMILES string of the molecule is COc1cc2c(cc1NC(=O)COC(=O)C1CCN(C(=O)C3CC3)CC1)oc1ccccc12. The third-order valence-corrected chi connectivity index (χ3v) is 6.39. The van der Waals surface area contributed by atoms with Crippen LogP contribution in [0, 0.1) is 11.8 Å². The van der Waals surface area contributed by atoms with Crippen molar-refractivity contribution in [2.24, 2.45) is 11.8 Å². The fourth-order valence-corrected chi connectivity index (χ4v) is 4.38. The highest BCUT2D eigenvalue weighted by Gasteiger charge is 2.36. The van der Waals surface area contributed by atoms with Gasteiger partial charge in [-0.3, -0.25) is 14.4 Å². The Kier molecular flexibility index (Phi) is 5.66. The summed E-state index contributed by atoms with van der Waals surface area (Å²) in [6, 6.07) is 11.2. The summed E-state index contributed by atoms with van der Waals surface area (Å²) in [6.45, 7) is 0.743. The Morgan fingerprint density at radius 2 is 1.76 bits per heavy atom. The number of carbonyl (C=O) groups is 3. The van der Waals surface area contributed by atoms with E-state index >= 15 is 0 Å². The van der Waals surface area contributed by atoms with Crippen molar-refractivity contribution in [3.8, 4) is 5.75 Å². The molecule has 3 aromatic rings. The van der Waals surface area contributed by atoms with Crippen molar-refractivity contribution < 1.29 is 28.3 Å². The number of para-hydroxylation sites is 1. The topological polar surface area (TPSA) is 98.1 Å². The lowest BCUT2D eigenvalue weighted by molar-refractivity contribution is -0.154. The van der Waals surface area contributed by atoms with Gasteiger partial charge < -0.3 is 24.1 Å². The molecule has 1 N–H and O–H groups in total. The van der Waals surface area contributed by atoms with Crippen LogP contribution in [0.3, 0.4) is 0 Å². The minimum Gasteiger partial charge on any atom is -0.495 e. The second kappa shape index (κ2) is 8.77. The van der Waals surface area contributed by atoms with E-state index in [1.807, 2.05) is 35.2 Å². The molecule has 1 aromatic heterocycles. The molecular weight excluding hydrogens is 424 g/mol. The Hall–Kier alpha value is -3.55. The number of benzene rings is 2. The first-order valence-corrected chi connectivity index (χ1v) is 11.3. The number of amides is 2. The second-order valence-corrected chi connectivity index (χ2v) is 8.68. The van der Waals surface area contributed by atoms with Crippen LogP contribution in [0.1, 0.15) is 25.7 Å². The number of hydrogen-bond acceptors (Lipinski definition) is 6. The second-order valence-electron chi connectivity index (χ2n) is 8.68. The van der Waals surface area contributed by atoms with Crippen molar-refractivity contribution in [3.05, 3.63) is 36.4 Å². The summed E-state index contributed by atoms with van der Waals surface area (Å²) in [5.41, 5.74) is 1.81. The van der Waals surface area contributed by atoms with Crippen molar-refractivity contribution in [1.82, 2.24) is 4.90 Å². The maximum absolute atomic E-state index is 12.5. The highest BCUT2D eigenvalue weighted by Crippen LogP contribution is 2.36. The third-order valence-electron chi connectivity index (χ3n) is 6.39. The summed E-state index contributed by atoms with van der Waals surface area (Å²) >= 11 is 0. The van der Waals surface area contributed by atoms with E-state index in [0.717, 1.165) is 29.2 Å². The molecule has 5 rings (SSSR count). The monoisotopic (exact) mass is 450 g/mol. The predicted octanol–water partition coefficient (Wildman–Crippen LogP) is 3.72. The Labute approximate surface area is 190 Å². The first-order valence-electron chi connectivity index (χ1n) is 11.3. The molecule has 0 atom stereocenters. The van der Waals surface area contributed by atoms with E-state index in [1.165, 1.54) is 7.11 Å². The zero-order chi connectivity index (χ0) is 22.9. The number of anilines is 1. The zero-order valence-electron chi connectivity index (χ0n) is 18.5. The van der Waals surface area contributed by atoms with Crippen LogP contribution < -0.4 is 10.1 Å². The van der Waals surface area contributed by atoms with E-state index in [1.54, 1.807) is 6.07 Å². The van der Waals surface area contributed by atoms with Gasteiger partial charge in [0.15, 0.2) is 6.61 Å². The van der Waals surface area contributed by atoms with Crippen LogP contribution in [0.25, 0.3) is 21.9 Å². The van der Waals surface area contributed by atoms with E-state index in [0.29, 0.717) is 43.0 Å². The van der Waals surface area contributed by atoms with Crippen LogP contribution in [-0.2, 0) is 19.1 Å². The Balaban J connectivity index is 1.18. The van der Waals surface area contributed by atoms with Crippen LogP contribution >= 0.6 is 0 Å². The minimum atomic E-state index is -0.460. The maximum Gasteiger partial charge on any atom is 0.309 e. The van der Waals surface area contributed by atoms with Crippen molar-refractivity contribution >= 4 is 45.4 Å². The fourth-order valence-electron chi connectivity index (χ4n) is 4.38. The minimum absolute atomic E-state index is 0.188. The van der Waals surface area contributed by atoms with Gasteiger partial charge in [-0.2, -0.15) is 0 Å². The molecule has 1 aliphatic heterocycles. The molecule has 33 heavy (non-hydrogen) atoms. The number of methoxy groups -OCH3 is 1. The number of carbonyl (C=O) groups excluding carboxylic acids is 3. The van der Waals surface area contributed by atoms with Crippen LogP contribution in [-0.4, -0.2) is 49.5 Å². The van der Waals surface area contributed by atoms with E-state index in [-0.39, 0.29) is 24.3 Å². The highest BCUT2D eigenvalue weighted by molar-refractivity contribution is 6.07. The molecule has 2 fully saturated rings. The van der Waals surface area contributed by atoms with Gasteiger partial charge in [-0.15, -0.1) is 0 Å². The number of esters is 1. The lowest BCUT2D eigenvalue weighted by Gasteiger charge is -2.31. The highest BCUT2D eigenvalue weighted by atomic mass is 16.5. The fraction of sp³-hybridized carbons (Fsp3) is 0.400. The normalized spacial score (nSPS) is 16.7. The first-order chi connectivity index (χ1) is 16.0. The molecule has 2 heterocycles. The van der Waals surface area contributed by atoms with Gasteiger partial charge in [0.05, 0.1) is 18.7 Å². The van der Waals surface area contributed by atoms with Crippen molar-refractivity contribution in [1.29, 1.82) is 0 Å². The molecule has 172 valence electrons. The molecule has 2 aromatic carbocycles. The largest absolute Gasteiger partial charge is 0.495 e. The number of fused-ring (bicyclic) bond motifs is 3. The van der Waals surface area contributed by atoms with Crippen molar-refractivity contribution in [3.63, 3.8) is 0 Å². The number of piperidine rings is 1. The Morgan fingerprint density at radius 3 is 2.48 bits per heavy atom. The average molecular weight is 450 g/mol. The first kappa shape index (κ1) is 21.3. The molecule has 1 saturated heterocycles. The smallest absolute Gasteiger partial charge is 0.309 e. The maximum atomic E-state index is 12.5. The molecule has 1 saturated carbocycles. The van der Waals surface area contributed by atoms with Crippen LogP contribution in [0.5, 0.6) is 5.75 Å². The molecule has 1 aliphatic carbocycles. The zero-order valence-corrected chi connectivity index (χ0v) is 18.5. The number of ether oxygens (including phenoxy) is 2. The lowest BCUT2D eigenvalue weighted by atomic mass is 9.97. The van der Waals surface area contributed by atoms with Gasteiger partial charge in [0, 0.05) is 35.8 Å². The average Bonchev–Trinajstić information content (AvgIpc) is 3.63. The summed E-state index contributed by atoms with van der Waals surface area (Å²) in [5.74, 6) is -0.268. The van der Waals surface area contributed by atoms with E-state index in [4.69, 9.17) is 13.9 Å². The summed E-state index contributed by atoms with van der Waals surface area (Å²) in [4.78, 5) is 38.9. The number of rotatable bonds is 6. The van der Waals surface area contributed by atoms with Gasteiger partial charge in [0.25, 0.3) is 5.91 Å². The number of furan rings is 1. The Morgan fingerprint density at radius 1 is 1.00 bits per heavy atom. The summed E-state index contributed by atoms with van der Waals surface area (Å²) in [6.07, 6.45) is 3.08. The molecule has 8 nitrogen and oxygen atoms in total. The lowest BCUT2D eigenvalue weighted by Crippen LogP contribution is -2.41. The predicted molar refractivity (Wildman–Crippen MR) is 122 cm³/mol. The van der Waals surface area contributed by atoms with Gasteiger partial charge in [-0.1, -0.05) is 18.2 Å². The summed E-state index contributed by atoms with van der Waals surface area (Å²) in [5, 5.41) is 4.59. The van der Waals surface area contributed by atoms with Crippen molar-refractivity contribution in [2.75, 3.05) is 32.1 Å². The molecular formula is C25H26N2O6. The molecule has 0 unspecified atom stereocenters. The number of nitrogens with one attached hydrogen (secondary N) is 1. The molecule has 0 radical (unpaired) electrons. The van der Waals surface area contributed by atoms with Crippen LogP contribution in [0.15, 0.2) is 40.8 Å². The van der Waals surface area contributed by atoms with Gasteiger partial charge in [-0.25, -0.2) is 0 Å². The van der Waals surface area contributed by atoms with E-state index in [9.17, 15) is 14.4 Å². The molecule has 8 heteroatoms. The van der Waals surface area contributed by atoms with Gasteiger partial charge >= 0.3 is 5.97 Å². The van der Waals surface area contributed by atoms with Crippen LogP contribution in [0.4, 0.5) is 5.69 Å². The standard InChI is InChI=1S/C25H26N2O6/c1-31-22-12-18-17-4-2-3-5-20(17)33-21(18)13-19(22)26-23(28)14-32-25(30)16-8-10-27(11-9-16)24(29)15-6-7-15/h2-5,12-13,15-16H,6-11,14H2,1H3,(H,26,28). The van der Waals surface area contributed by atoms with Crippen LogP contribution in [0.2, 0.25) is 0 Å². The van der Waals surface area contributed by atoms with E-state index in [2.05, 4.69) is 5.32 Å². The molecule has 2 aliphatic rings. The molecule has 0 spiro atoms. The van der Waals surface area contributed by atoms with Crippen molar-refractivity contribution in [2.45, 2.75) is 25.7 Å². The van der Waals surface area contributed by atoms with E-state index < -0.39 is 11.9 Å². The molecule has 2 amide bonds. The number of hydrogen-bond donors (Lipinski definition) is 1. The summed E-state index contributed by atoms with van der Waals surface area (Å²) in [7, 11) is 1.53. The number of nitrogens with zero attached hydrogens (tertiary/aromatic N) is 1. The Bertz CT molecular complexity index is 1220. The summed E-state index contributed by atoms with van der Waals surface area (Å²) < 4.78 is 16.6. The molecule has 0 bridgehead atoms. The van der Waals surface area contributed by atoms with Gasteiger partial charge in [0.2, 0.25) is 5.91 Å². The number of likely N-dealkylation sites (tertiary alicyclic amines) is 1. The quantitative estimate of drug-likeness (QED) is 0.575. The van der Waals surface area contributed by atoms with Gasteiger partial charge in [0.1, 0.15) is 16.9 Å².